The Morgan fingerprint density at radius 1 is 1.12 bits per heavy atom. The Bertz CT molecular complexity index is 635. The molecule has 0 saturated carbocycles. The molecule has 86 valence electrons. The first-order chi connectivity index (χ1) is 8.34. The molecule has 0 aliphatic heterocycles. The van der Waals surface area contributed by atoms with Crippen LogP contribution in [0.25, 0.3) is 16.3 Å². The predicted octanol–water partition coefficient (Wildman–Crippen LogP) is 3.75. The van der Waals surface area contributed by atoms with Crippen LogP contribution in [0.15, 0.2) is 45.6 Å². The van der Waals surface area contributed by atoms with Crippen molar-refractivity contribution in [2.45, 2.75) is 25.7 Å². The van der Waals surface area contributed by atoms with Crippen LogP contribution in [-0.4, -0.2) is 0 Å². The number of hydrogen-bond donors (Lipinski definition) is 0. The monoisotopic (exact) mass is 226 g/mol. The van der Waals surface area contributed by atoms with Crippen molar-refractivity contribution in [3.05, 3.63) is 52.6 Å². The molecule has 2 aromatic rings. The van der Waals surface area contributed by atoms with Crippen LogP contribution in [0.2, 0.25) is 0 Å². The molecular weight excluding hydrogens is 212 g/mol. The summed E-state index contributed by atoms with van der Waals surface area (Å²) in [5.74, 6) is 0.744. The van der Waals surface area contributed by atoms with Gasteiger partial charge < -0.3 is 4.42 Å². The number of fused-ring (bicyclic) bond motifs is 1. The molecule has 0 bridgehead atoms. The number of benzene rings is 1. The summed E-state index contributed by atoms with van der Waals surface area (Å²) in [6.07, 6.45) is 6.72. The molecule has 2 heteroatoms. The van der Waals surface area contributed by atoms with Crippen LogP contribution in [0.3, 0.4) is 0 Å². The minimum Gasteiger partial charge on any atom is -0.423 e. The van der Waals surface area contributed by atoms with E-state index in [1.165, 1.54) is 18.4 Å². The summed E-state index contributed by atoms with van der Waals surface area (Å²) in [4.78, 5) is 11.8. The van der Waals surface area contributed by atoms with Crippen molar-refractivity contribution in [3.63, 3.8) is 0 Å². The fourth-order valence-electron chi connectivity index (χ4n) is 2.35. The molecule has 0 saturated heterocycles. The zero-order valence-corrected chi connectivity index (χ0v) is 9.61. The van der Waals surface area contributed by atoms with E-state index in [0.717, 1.165) is 24.0 Å². The van der Waals surface area contributed by atoms with Crippen molar-refractivity contribution < 1.29 is 4.42 Å². The smallest absolute Gasteiger partial charge is 0.344 e. The lowest BCUT2D eigenvalue weighted by Crippen LogP contribution is -2.02. The quantitative estimate of drug-likeness (QED) is 0.741. The van der Waals surface area contributed by atoms with Crippen LogP contribution >= 0.6 is 0 Å². The second-order valence-electron chi connectivity index (χ2n) is 4.46. The first-order valence-electron chi connectivity index (χ1n) is 6.07. The molecular formula is C15H14O2. The lowest BCUT2D eigenvalue weighted by Gasteiger charge is -2.11. The molecule has 0 radical (unpaired) electrons. The van der Waals surface area contributed by atoms with Crippen molar-refractivity contribution in [2.75, 3.05) is 0 Å². The van der Waals surface area contributed by atoms with Gasteiger partial charge in [0.1, 0.15) is 5.76 Å². The molecule has 0 unspecified atom stereocenters. The van der Waals surface area contributed by atoms with Crippen LogP contribution in [0.1, 0.15) is 31.4 Å². The fraction of sp³-hybridized carbons (Fsp3) is 0.267. The largest absolute Gasteiger partial charge is 0.423 e. The second kappa shape index (κ2) is 4.21. The van der Waals surface area contributed by atoms with Gasteiger partial charge in [0.05, 0.1) is 5.39 Å². The molecule has 0 N–H and O–H groups in total. The topological polar surface area (TPSA) is 30.2 Å². The minimum absolute atomic E-state index is 0.232. The summed E-state index contributed by atoms with van der Waals surface area (Å²) >= 11 is 0. The molecule has 17 heavy (non-hydrogen) atoms. The summed E-state index contributed by atoms with van der Waals surface area (Å²) in [7, 11) is 0. The Hall–Kier alpha value is -1.83. The third-order valence-electron chi connectivity index (χ3n) is 3.28. The van der Waals surface area contributed by atoms with Gasteiger partial charge in [0.2, 0.25) is 0 Å². The highest BCUT2D eigenvalue weighted by Gasteiger charge is 2.10. The average Bonchev–Trinajstić information content (AvgIpc) is 2.40. The zero-order chi connectivity index (χ0) is 11.7. The highest BCUT2D eigenvalue weighted by Crippen LogP contribution is 2.27. The summed E-state index contributed by atoms with van der Waals surface area (Å²) in [5.41, 5.74) is 0.948. The first-order valence-corrected chi connectivity index (χ1v) is 6.07. The van der Waals surface area contributed by atoms with E-state index in [1.54, 1.807) is 6.07 Å². The highest BCUT2D eigenvalue weighted by molar-refractivity contribution is 5.83. The van der Waals surface area contributed by atoms with Gasteiger partial charge in [-0.25, -0.2) is 4.79 Å². The summed E-state index contributed by atoms with van der Waals surface area (Å²) < 4.78 is 5.41. The molecule has 0 atom stereocenters. The Morgan fingerprint density at radius 2 is 2.00 bits per heavy atom. The van der Waals surface area contributed by atoms with Gasteiger partial charge in [0, 0.05) is 0 Å². The maximum Gasteiger partial charge on any atom is 0.344 e. The highest BCUT2D eigenvalue weighted by atomic mass is 16.4. The van der Waals surface area contributed by atoms with E-state index in [2.05, 4.69) is 6.08 Å². The van der Waals surface area contributed by atoms with Crippen LogP contribution in [-0.2, 0) is 0 Å². The summed E-state index contributed by atoms with van der Waals surface area (Å²) in [6, 6.07) is 9.55. The molecule has 1 aromatic carbocycles. The molecule has 0 amide bonds. The standard InChI is InChI=1S/C15H14O2/c16-15-13-9-5-4-8-12(13)10-14(17-15)11-6-2-1-3-7-11/h4-6,8-10H,1-3,7H2. The van der Waals surface area contributed by atoms with Crippen molar-refractivity contribution in [1.29, 1.82) is 0 Å². The Kier molecular flexibility index (Phi) is 2.56. The van der Waals surface area contributed by atoms with E-state index < -0.39 is 0 Å². The van der Waals surface area contributed by atoms with Crippen molar-refractivity contribution in [3.8, 4) is 0 Å². The van der Waals surface area contributed by atoms with Gasteiger partial charge in [-0.05, 0) is 48.8 Å². The first kappa shape index (κ1) is 10.3. The molecule has 1 aliphatic rings. The van der Waals surface area contributed by atoms with Gasteiger partial charge in [-0.1, -0.05) is 24.3 Å². The number of rotatable bonds is 1. The molecule has 2 nitrogen and oxygen atoms in total. The van der Waals surface area contributed by atoms with E-state index in [0.29, 0.717) is 5.39 Å². The summed E-state index contributed by atoms with van der Waals surface area (Å²) in [5, 5.41) is 1.62. The van der Waals surface area contributed by atoms with Gasteiger partial charge >= 0.3 is 5.63 Å². The lowest BCUT2D eigenvalue weighted by atomic mass is 9.97. The zero-order valence-electron chi connectivity index (χ0n) is 9.61. The van der Waals surface area contributed by atoms with Crippen LogP contribution < -0.4 is 5.63 Å². The molecule has 0 fully saturated rings. The van der Waals surface area contributed by atoms with E-state index in [-0.39, 0.29) is 5.63 Å². The second-order valence-corrected chi connectivity index (χ2v) is 4.46. The third-order valence-corrected chi connectivity index (χ3v) is 3.28. The van der Waals surface area contributed by atoms with Gasteiger partial charge in [-0.3, -0.25) is 0 Å². The molecule has 0 spiro atoms. The molecule has 1 aliphatic carbocycles. The maximum absolute atomic E-state index is 11.8. The van der Waals surface area contributed by atoms with Crippen molar-refractivity contribution in [1.82, 2.24) is 0 Å². The van der Waals surface area contributed by atoms with E-state index in [4.69, 9.17) is 4.42 Å². The molecule has 1 aromatic heterocycles. The Morgan fingerprint density at radius 3 is 2.82 bits per heavy atom. The predicted molar refractivity (Wildman–Crippen MR) is 68.9 cm³/mol. The van der Waals surface area contributed by atoms with Gasteiger partial charge in [-0.15, -0.1) is 0 Å². The SMILES string of the molecule is O=c1oc(C2=CCCCC2)cc2ccccc12. The van der Waals surface area contributed by atoms with E-state index in [9.17, 15) is 4.79 Å². The third kappa shape index (κ3) is 1.91. The normalized spacial score (nSPS) is 15.9. The van der Waals surface area contributed by atoms with Crippen molar-refractivity contribution >= 4 is 16.3 Å². The number of hydrogen-bond acceptors (Lipinski definition) is 2. The van der Waals surface area contributed by atoms with Crippen LogP contribution in [0.5, 0.6) is 0 Å². The Labute approximate surface area is 99.6 Å². The lowest BCUT2D eigenvalue weighted by molar-refractivity contribution is 0.500. The average molecular weight is 226 g/mol. The van der Waals surface area contributed by atoms with Crippen LogP contribution in [0, 0.1) is 0 Å². The van der Waals surface area contributed by atoms with E-state index in [1.807, 2.05) is 24.3 Å². The van der Waals surface area contributed by atoms with Gasteiger partial charge in [-0.2, -0.15) is 0 Å². The summed E-state index contributed by atoms with van der Waals surface area (Å²) in [6.45, 7) is 0. The minimum atomic E-state index is -0.232. The van der Waals surface area contributed by atoms with Crippen LogP contribution in [0.4, 0.5) is 0 Å². The number of allylic oxidation sites excluding steroid dienone is 2. The van der Waals surface area contributed by atoms with Gasteiger partial charge in [0.15, 0.2) is 0 Å². The van der Waals surface area contributed by atoms with Gasteiger partial charge in [0.25, 0.3) is 0 Å². The van der Waals surface area contributed by atoms with E-state index >= 15 is 0 Å². The fourth-order valence-corrected chi connectivity index (χ4v) is 2.35. The van der Waals surface area contributed by atoms with Crippen molar-refractivity contribution in [2.24, 2.45) is 0 Å². The molecule has 1 heterocycles. The molecule has 3 rings (SSSR count). The maximum atomic E-state index is 11.8. The Balaban J connectivity index is 2.18.